The third-order valence-corrected chi connectivity index (χ3v) is 16.2. The van der Waals surface area contributed by atoms with Crippen LogP contribution in [0.25, 0.3) is 0 Å². The number of allylic oxidation sites excluding steroid dienone is 6. The van der Waals surface area contributed by atoms with Gasteiger partial charge in [0.2, 0.25) is 0 Å². The van der Waals surface area contributed by atoms with E-state index in [2.05, 4.69) is 135 Å². The summed E-state index contributed by atoms with van der Waals surface area (Å²) in [4.78, 5) is 0. The lowest BCUT2D eigenvalue weighted by atomic mass is 9.84. The Kier molecular flexibility index (Phi) is 43.3. The van der Waals surface area contributed by atoms with Gasteiger partial charge in [-0.15, -0.1) is 0 Å². The molecule has 0 amide bonds. The second kappa shape index (κ2) is 43.9. The fourth-order valence-electron chi connectivity index (χ4n) is 9.56. The Morgan fingerprint density at radius 2 is 0.548 bits per heavy atom. The summed E-state index contributed by atoms with van der Waals surface area (Å²) in [6, 6.07) is 0. The van der Waals surface area contributed by atoms with Crippen molar-refractivity contribution in [3.63, 3.8) is 0 Å². The van der Waals surface area contributed by atoms with Crippen LogP contribution in [0.3, 0.4) is 0 Å². The summed E-state index contributed by atoms with van der Waals surface area (Å²) in [5.41, 5.74) is 3.17. The maximum atomic E-state index is 5.39. The summed E-state index contributed by atoms with van der Waals surface area (Å²) < 4.78 is 31.5. The molecule has 0 aromatic rings. The molecule has 5 aliphatic carbocycles. The van der Waals surface area contributed by atoms with Crippen LogP contribution < -0.4 is 0 Å². The van der Waals surface area contributed by atoms with E-state index in [0.717, 1.165) is 98.8 Å². The van der Waals surface area contributed by atoms with Gasteiger partial charge in [0, 0.05) is 25.0 Å². The van der Waals surface area contributed by atoms with Crippen LogP contribution in [0, 0.1) is 71.0 Å². The molecule has 434 valence electrons. The second-order valence-electron chi connectivity index (χ2n) is 25.8. The molecule has 0 radical (unpaired) electrons. The molecular weight excluding hydrogens is 901 g/mol. The largest absolute Gasteiger partial charge is 0.378 e. The molecule has 6 fully saturated rings. The first-order valence-corrected chi connectivity index (χ1v) is 30.8. The van der Waals surface area contributed by atoms with Gasteiger partial charge in [0.1, 0.15) is 0 Å². The van der Waals surface area contributed by atoms with Crippen molar-refractivity contribution in [1.29, 1.82) is 0 Å². The van der Waals surface area contributed by atoms with E-state index < -0.39 is 0 Å². The minimum Gasteiger partial charge on any atom is -0.378 e. The topological polar surface area (TPSA) is 55.4 Å². The van der Waals surface area contributed by atoms with Crippen molar-refractivity contribution in [1.82, 2.24) is 0 Å². The van der Waals surface area contributed by atoms with Crippen LogP contribution in [0.4, 0.5) is 0 Å². The third kappa shape index (κ3) is 42.7. The Morgan fingerprint density at radius 1 is 0.288 bits per heavy atom. The van der Waals surface area contributed by atoms with Gasteiger partial charge >= 0.3 is 0 Å². The Bertz CT molecular complexity index is 1060. The molecule has 4 heterocycles. The molecule has 0 N–H and O–H groups in total. The molecule has 4 saturated heterocycles. The monoisotopic (exact) mass is 1030 g/mol. The average molecular weight is 1030 g/mol. The number of hydrogen-bond acceptors (Lipinski definition) is 6. The van der Waals surface area contributed by atoms with E-state index in [9.17, 15) is 0 Å². The highest BCUT2D eigenvalue weighted by Crippen LogP contribution is 2.29. The van der Waals surface area contributed by atoms with E-state index in [0.29, 0.717) is 24.0 Å². The zero-order valence-corrected chi connectivity index (χ0v) is 51.4. The fourth-order valence-corrected chi connectivity index (χ4v) is 9.56. The van der Waals surface area contributed by atoms with Crippen molar-refractivity contribution in [2.45, 2.75) is 285 Å². The van der Waals surface area contributed by atoms with E-state index in [-0.39, 0.29) is 20.0 Å². The number of ether oxygens (including phenoxy) is 6. The first-order chi connectivity index (χ1) is 34.1. The molecule has 0 spiro atoms. The molecule has 0 aromatic carbocycles. The van der Waals surface area contributed by atoms with Crippen molar-refractivity contribution in [2.24, 2.45) is 71.0 Å². The van der Waals surface area contributed by atoms with Crippen molar-refractivity contribution >= 4 is 0 Å². The van der Waals surface area contributed by atoms with Crippen LogP contribution in [-0.4, -0.2) is 64.4 Å². The van der Waals surface area contributed by atoms with Crippen LogP contribution in [-0.2, 0) is 28.4 Å². The lowest BCUT2D eigenvalue weighted by Gasteiger charge is -2.24. The Morgan fingerprint density at radius 3 is 0.726 bits per heavy atom. The van der Waals surface area contributed by atoms with Crippen molar-refractivity contribution < 1.29 is 28.4 Å². The number of hydrogen-bond donors (Lipinski definition) is 0. The second-order valence-corrected chi connectivity index (χ2v) is 25.8. The molecule has 9 aliphatic rings. The molecule has 0 aromatic heterocycles. The normalized spacial score (nSPS) is 36.8. The smallest absolute Gasteiger partial charge is 0.154 e. The molecule has 8 unspecified atom stereocenters. The predicted molar refractivity (Wildman–Crippen MR) is 319 cm³/mol. The molecule has 8 atom stereocenters. The fraction of sp³-hybridized carbons (Fsp3) is 0.910. The lowest BCUT2D eigenvalue weighted by Crippen LogP contribution is -2.27. The predicted octanol–water partition coefficient (Wildman–Crippen LogP) is 20.1. The van der Waals surface area contributed by atoms with Gasteiger partial charge in [0.15, 0.2) is 12.6 Å². The molecule has 9 rings (SSSR count). The zero-order valence-electron chi connectivity index (χ0n) is 51.4. The van der Waals surface area contributed by atoms with Gasteiger partial charge in [-0.25, -0.2) is 0 Å². The molecule has 6 heteroatoms. The van der Waals surface area contributed by atoms with E-state index in [1.165, 1.54) is 128 Å². The van der Waals surface area contributed by atoms with Gasteiger partial charge < -0.3 is 28.4 Å². The minimum atomic E-state index is 0. The van der Waals surface area contributed by atoms with E-state index in [1.807, 2.05) is 13.8 Å². The van der Waals surface area contributed by atoms with Gasteiger partial charge in [-0.1, -0.05) is 177 Å². The maximum Gasteiger partial charge on any atom is 0.154 e. The summed E-state index contributed by atoms with van der Waals surface area (Å²) in [7, 11) is 0. The van der Waals surface area contributed by atoms with Gasteiger partial charge in [-0.2, -0.15) is 0 Å². The Balaban J connectivity index is 0.000000798. The van der Waals surface area contributed by atoms with Crippen molar-refractivity contribution in [2.75, 3.05) is 39.6 Å². The van der Waals surface area contributed by atoms with Gasteiger partial charge in [0.25, 0.3) is 0 Å². The molecular formula is C67H130O6. The van der Waals surface area contributed by atoms with Crippen LogP contribution in [0.2, 0.25) is 0 Å². The molecule has 2 saturated carbocycles. The standard InChI is InChI=1S/2C8H16.3C8H14.2C7H14O.2C6H12O2.CH4/c5*1-7-3-5-8(2)6-4-7;2*1-6-3-4-7(2)8-5-6;2*1-5-3-7-6(2)8-4-5;/h2*7-8H,3-6H2,1-2H3;2*3,8H,4-6H2,1-2H3;3,5,7-8H,4,6H2,1-2H3;2*6-7H,3-5H2,1-2H3;2*5-6H,3-4H2,1-2H3;1H4. The minimum absolute atomic E-state index is 0. The maximum absolute atomic E-state index is 5.39. The molecule has 73 heavy (non-hydrogen) atoms. The van der Waals surface area contributed by atoms with E-state index in [1.54, 1.807) is 11.1 Å². The Hall–Kier alpha value is -1.02. The third-order valence-electron chi connectivity index (χ3n) is 16.2. The number of rotatable bonds is 0. The highest BCUT2D eigenvalue weighted by Gasteiger charge is 2.17. The lowest BCUT2D eigenvalue weighted by molar-refractivity contribution is -0.187. The highest BCUT2D eigenvalue weighted by atomic mass is 16.7. The quantitative estimate of drug-likeness (QED) is 0.225. The first kappa shape index (κ1) is 72.0. The summed E-state index contributed by atoms with van der Waals surface area (Å²) in [6.45, 7) is 45.3. The molecule has 4 aliphatic heterocycles. The molecule has 6 nitrogen and oxygen atoms in total. The average Bonchev–Trinajstić information content (AvgIpc) is 3.36. The van der Waals surface area contributed by atoms with Crippen molar-refractivity contribution in [3.05, 3.63) is 35.5 Å². The van der Waals surface area contributed by atoms with Crippen LogP contribution in [0.1, 0.15) is 260 Å². The van der Waals surface area contributed by atoms with Gasteiger partial charge in [-0.05, 0) is 178 Å². The van der Waals surface area contributed by atoms with E-state index >= 15 is 0 Å². The molecule has 0 bridgehead atoms. The van der Waals surface area contributed by atoms with Crippen molar-refractivity contribution in [3.8, 4) is 0 Å². The van der Waals surface area contributed by atoms with Crippen LogP contribution >= 0.6 is 0 Å². The van der Waals surface area contributed by atoms with Crippen LogP contribution in [0.15, 0.2) is 35.5 Å². The summed E-state index contributed by atoms with van der Waals surface area (Å²) >= 11 is 0. The van der Waals surface area contributed by atoms with Gasteiger partial charge in [-0.3, -0.25) is 0 Å². The first-order valence-electron chi connectivity index (χ1n) is 30.8. The zero-order chi connectivity index (χ0) is 53.8. The summed E-state index contributed by atoms with van der Waals surface area (Å²) in [5, 5.41) is 0. The SMILES string of the molecule is C.CC1=CCC(C)CC1.CC1=CCC(C)CC1.CC1C=CC(C)CC1.CC1CCC(C)CC1.CC1CCC(C)CC1.CC1CCC(C)OC1.CC1CCC(C)OC1.CC1COC(C)OC1.CC1COC(C)OC1. The van der Waals surface area contributed by atoms with Crippen LogP contribution in [0.5, 0.6) is 0 Å². The highest BCUT2D eigenvalue weighted by molar-refractivity contribution is 5.02. The summed E-state index contributed by atoms with van der Waals surface area (Å²) in [5.74, 6) is 10.4. The van der Waals surface area contributed by atoms with Gasteiger partial charge in [0.05, 0.1) is 38.6 Å². The summed E-state index contributed by atoms with van der Waals surface area (Å²) in [6.07, 6.45) is 38.3. The van der Waals surface area contributed by atoms with E-state index in [4.69, 9.17) is 28.4 Å². The Labute approximate surface area is 457 Å².